The second-order valence-electron chi connectivity index (χ2n) is 5.14. The number of carboxylic acid groups (broad SMARTS) is 1. The minimum absolute atomic E-state index is 0.0383. The van der Waals surface area contributed by atoms with Crippen LogP contribution in [-0.2, 0) is 13.0 Å². The Morgan fingerprint density at radius 1 is 1.23 bits per heavy atom. The van der Waals surface area contributed by atoms with Gasteiger partial charge in [0, 0.05) is 18.7 Å². The summed E-state index contributed by atoms with van der Waals surface area (Å²) < 4.78 is 1.44. The van der Waals surface area contributed by atoms with Gasteiger partial charge in [0.25, 0.3) is 5.56 Å². The van der Waals surface area contributed by atoms with E-state index in [4.69, 9.17) is 0 Å². The van der Waals surface area contributed by atoms with Crippen molar-refractivity contribution in [2.75, 3.05) is 5.32 Å². The van der Waals surface area contributed by atoms with Gasteiger partial charge in [-0.1, -0.05) is 0 Å². The van der Waals surface area contributed by atoms with E-state index in [-0.39, 0.29) is 17.1 Å². The molecule has 0 spiro atoms. The quantitative estimate of drug-likeness (QED) is 0.746. The van der Waals surface area contributed by atoms with Crippen LogP contribution in [0.4, 0.5) is 11.5 Å². The molecule has 0 saturated carbocycles. The molecule has 2 heterocycles. The van der Waals surface area contributed by atoms with Crippen LogP contribution in [-0.4, -0.2) is 25.7 Å². The van der Waals surface area contributed by atoms with Crippen LogP contribution in [0.15, 0.2) is 29.1 Å². The highest BCUT2D eigenvalue weighted by Gasteiger charge is 2.23. The van der Waals surface area contributed by atoms with Crippen LogP contribution >= 0.6 is 0 Å². The van der Waals surface area contributed by atoms with Crippen LogP contribution in [0, 0.1) is 0 Å². The molecule has 0 unspecified atom stereocenters. The molecule has 0 fully saturated rings. The number of nitrogens with one attached hydrogen (secondary N) is 1. The minimum atomic E-state index is -1.31. The van der Waals surface area contributed by atoms with Crippen molar-refractivity contribution in [3.63, 3.8) is 0 Å². The topological polar surface area (TPSA) is 104 Å². The van der Waals surface area contributed by atoms with Crippen molar-refractivity contribution in [1.29, 1.82) is 0 Å². The van der Waals surface area contributed by atoms with Crippen molar-refractivity contribution in [1.82, 2.24) is 9.55 Å². The van der Waals surface area contributed by atoms with E-state index < -0.39 is 11.5 Å². The van der Waals surface area contributed by atoms with Crippen LogP contribution in [0.5, 0.6) is 5.75 Å². The van der Waals surface area contributed by atoms with Gasteiger partial charge in [-0.3, -0.25) is 9.36 Å². The molecular formula is C15H15N3O4. The number of anilines is 2. The molecule has 2 aromatic rings. The van der Waals surface area contributed by atoms with Crippen LogP contribution in [0.1, 0.15) is 29.0 Å². The summed E-state index contributed by atoms with van der Waals surface area (Å²) in [6.45, 7) is 0.501. The van der Waals surface area contributed by atoms with E-state index in [1.165, 1.54) is 16.7 Å². The van der Waals surface area contributed by atoms with Crippen LogP contribution < -0.4 is 10.9 Å². The summed E-state index contributed by atoms with van der Waals surface area (Å²) in [5.74, 6) is -0.569. The van der Waals surface area contributed by atoms with Gasteiger partial charge in [0.1, 0.15) is 11.6 Å². The average Bonchev–Trinajstić information content (AvgIpc) is 2.49. The molecule has 3 rings (SSSR count). The predicted molar refractivity (Wildman–Crippen MR) is 79.8 cm³/mol. The van der Waals surface area contributed by atoms with Crippen LogP contribution in [0.3, 0.4) is 0 Å². The fourth-order valence-electron chi connectivity index (χ4n) is 2.54. The largest absolute Gasteiger partial charge is 0.508 e. The molecule has 0 saturated heterocycles. The monoisotopic (exact) mass is 301 g/mol. The number of carboxylic acids is 1. The number of benzene rings is 1. The fourth-order valence-corrected chi connectivity index (χ4v) is 2.54. The zero-order valence-electron chi connectivity index (χ0n) is 11.7. The Morgan fingerprint density at radius 2 is 1.95 bits per heavy atom. The van der Waals surface area contributed by atoms with Gasteiger partial charge >= 0.3 is 5.97 Å². The van der Waals surface area contributed by atoms with Gasteiger partial charge in [-0.05, 0) is 37.1 Å². The van der Waals surface area contributed by atoms with Crippen molar-refractivity contribution >= 4 is 17.5 Å². The third-order valence-corrected chi connectivity index (χ3v) is 3.62. The van der Waals surface area contributed by atoms with Gasteiger partial charge in [0.05, 0.1) is 0 Å². The Kier molecular flexibility index (Phi) is 3.54. The lowest BCUT2D eigenvalue weighted by molar-refractivity contribution is 0.0694. The number of hydrogen-bond donors (Lipinski definition) is 3. The third kappa shape index (κ3) is 2.52. The van der Waals surface area contributed by atoms with E-state index in [2.05, 4.69) is 10.3 Å². The second kappa shape index (κ2) is 5.51. The predicted octanol–water partition coefficient (Wildman–Crippen LogP) is 1.73. The van der Waals surface area contributed by atoms with E-state index in [0.29, 0.717) is 24.5 Å². The molecule has 0 bridgehead atoms. The first-order valence-corrected chi connectivity index (χ1v) is 6.99. The van der Waals surface area contributed by atoms with Crippen molar-refractivity contribution in [3.05, 3.63) is 46.0 Å². The summed E-state index contributed by atoms with van der Waals surface area (Å²) >= 11 is 0. The van der Waals surface area contributed by atoms with E-state index >= 15 is 0 Å². The van der Waals surface area contributed by atoms with E-state index in [1.807, 2.05) is 0 Å². The van der Waals surface area contributed by atoms with Gasteiger partial charge in [-0.25, -0.2) is 9.78 Å². The molecule has 0 aliphatic carbocycles. The summed E-state index contributed by atoms with van der Waals surface area (Å²) in [7, 11) is 0. The zero-order chi connectivity index (χ0) is 15.7. The number of hydrogen-bond acceptors (Lipinski definition) is 5. The number of phenolic OH excluding ortho intramolecular Hbond substituents is 1. The molecule has 1 aromatic heterocycles. The smallest absolute Gasteiger partial charge is 0.345 e. The molecule has 0 atom stereocenters. The highest BCUT2D eigenvalue weighted by molar-refractivity contribution is 5.93. The Bertz CT molecular complexity index is 781. The minimum Gasteiger partial charge on any atom is -0.508 e. The lowest BCUT2D eigenvalue weighted by Crippen LogP contribution is -2.33. The highest BCUT2D eigenvalue weighted by Crippen LogP contribution is 2.21. The molecule has 22 heavy (non-hydrogen) atoms. The molecule has 7 nitrogen and oxygen atoms in total. The van der Waals surface area contributed by atoms with E-state index in [1.54, 1.807) is 12.1 Å². The number of carbonyl (C=O) groups is 1. The normalized spacial score (nSPS) is 13.5. The zero-order valence-corrected chi connectivity index (χ0v) is 11.7. The van der Waals surface area contributed by atoms with Crippen LogP contribution in [0.25, 0.3) is 0 Å². The summed E-state index contributed by atoms with van der Waals surface area (Å²) in [5.41, 5.74) is -0.342. The number of aromatic carboxylic acids is 1. The molecule has 1 aromatic carbocycles. The van der Waals surface area contributed by atoms with E-state index in [9.17, 15) is 19.8 Å². The van der Waals surface area contributed by atoms with Crippen molar-refractivity contribution in [2.24, 2.45) is 0 Å². The first-order valence-electron chi connectivity index (χ1n) is 6.99. The number of nitrogens with zero attached hydrogens (tertiary/aromatic N) is 2. The Morgan fingerprint density at radius 3 is 2.64 bits per heavy atom. The summed E-state index contributed by atoms with van der Waals surface area (Å²) in [5, 5.41) is 21.5. The molecule has 0 radical (unpaired) electrons. The Labute approximate surface area is 125 Å². The first-order chi connectivity index (χ1) is 10.6. The molecular weight excluding hydrogens is 286 g/mol. The highest BCUT2D eigenvalue weighted by atomic mass is 16.4. The lowest BCUT2D eigenvalue weighted by atomic mass is 10.1. The Balaban J connectivity index is 2.09. The number of aryl methyl sites for hydroxylation is 1. The van der Waals surface area contributed by atoms with Gasteiger partial charge in [-0.2, -0.15) is 0 Å². The third-order valence-electron chi connectivity index (χ3n) is 3.62. The van der Waals surface area contributed by atoms with Gasteiger partial charge in [0.2, 0.25) is 0 Å². The summed E-state index contributed by atoms with van der Waals surface area (Å²) in [6.07, 6.45) is 2.43. The van der Waals surface area contributed by atoms with Gasteiger partial charge in [0.15, 0.2) is 11.4 Å². The summed E-state index contributed by atoms with van der Waals surface area (Å²) in [6, 6.07) is 6.10. The average molecular weight is 301 g/mol. The number of aromatic nitrogens is 2. The maximum atomic E-state index is 12.4. The standard InChI is InChI=1S/C15H15N3O4/c19-10-6-4-9(5-7-10)16-13-12(15(21)22)14(20)18-8-2-1-3-11(18)17-13/h4-7,16,19H,1-3,8H2,(H,21,22). The molecule has 3 N–H and O–H groups in total. The molecule has 7 heteroatoms. The van der Waals surface area contributed by atoms with Gasteiger partial charge < -0.3 is 15.5 Å². The Hall–Kier alpha value is -2.83. The fraction of sp³-hybridized carbons (Fsp3) is 0.267. The molecule has 0 amide bonds. The maximum absolute atomic E-state index is 12.4. The van der Waals surface area contributed by atoms with Crippen LogP contribution in [0.2, 0.25) is 0 Å². The van der Waals surface area contributed by atoms with Crippen molar-refractivity contribution in [2.45, 2.75) is 25.8 Å². The molecule has 114 valence electrons. The number of rotatable bonds is 3. The number of fused-ring (bicyclic) bond motifs is 1. The van der Waals surface area contributed by atoms with Crippen molar-refractivity contribution in [3.8, 4) is 5.75 Å². The number of aromatic hydroxyl groups is 1. The molecule has 1 aliphatic heterocycles. The maximum Gasteiger partial charge on any atom is 0.345 e. The first kappa shape index (κ1) is 14.1. The lowest BCUT2D eigenvalue weighted by Gasteiger charge is -2.19. The second-order valence-corrected chi connectivity index (χ2v) is 5.14. The van der Waals surface area contributed by atoms with E-state index in [0.717, 1.165) is 12.8 Å². The van der Waals surface area contributed by atoms with Gasteiger partial charge in [-0.15, -0.1) is 0 Å². The summed E-state index contributed by atoms with van der Waals surface area (Å²) in [4.78, 5) is 28.1. The van der Waals surface area contributed by atoms with Crippen molar-refractivity contribution < 1.29 is 15.0 Å². The SMILES string of the molecule is O=C(O)c1c(Nc2ccc(O)cc2)nc2n(c1=O)CCCC2. The number of phenols is 1. The molecule has 1 aliphatic rings.